The Balaban J connectivity index is 1.52. The number of aromatic nitrogens is 3. The number of morpholine rings is 1. The van der Waals surface area contributed by atoms with Crippen LogP contribution in [0.3, 0.4) is 0 Å². The minimum Gasteiger partial charge on any atom is -0.379 e. The predicted octanol–water partition coefficient (Wildman–Crippen LogP) is 1.24. The Morgan fingerprint density at radius 2 is 1.96 bits per heavy atom. The van der Waals surface area contributed by atoms with Crippen LogP contribution in [0.1, 0.15) is 5.56 Å². The predicted molar refractivity (Wildman–Crippen MR) is 91.0 cm³/mol. The molecule has 0 aliphatic carbocycles. The Morgan fingerprint density at radius 1 is 1.17 bits per heavy atom. The first kappa shape index (κ1) is 16.3. The van der Waals surface area contributed by atoms with Crippen molar-refractivity contribution in [1.82, 2.24) is 19.7 Å². The van der Waals surface area contributed by atoms with Crippen molar-refractivity contribution < 1.29 is 4.74 Å². The molecule has 0 saturated carbocycles. The van der Waals surface area contributed by atoms with Crippen molar-refractivity contribution in [3.63, 3.8) is 0 Å². The van der Waals surface area contributed by atoms with Crippen molar-refractivity contribution in [1.29, 1.82) is 0 Å². The van der Waals surface area contributed by atoms with Crippen LogP contribution in [-0.4, -0.2) is 58.3 Å². The summed E-state index contributed by atoms with van der Waals surface area (Å²) in [7, 11) is 0. The van der Waals surface area contributed by atoms with E-state index in [4.69, 9.17) is 4.74 Å². The van der Waals surface area contributed by atoms with Gasteiger partial charge < -0.3 is 4.74 Å². The van der Waals surface area contributed by atoms with Crippen LogP contribution in [0, 0.1) is 0 Å². The van der Waals surface area contributed by atoms with Crippen LogP contribution < -0.4 is 5.69 Å². The lowest BCUT2D eigenvalue weighted by atomic mass is 10.1. The fourth-order valence-electron chi connectivity index (χ4n) is 2.59. The maximum atomic E-state index is 11.9. The maximum Gasteiger partial charge on any atom is 0.343 e. The highest BCUT2D eigenvalue weighted by atomic mass is 32.2. The quantitative estimate of drug-likeness (QED) is 0.772. The van der Waals surface area contributed by atoms with Gasteiger partial charge in [-0.3, -0.25) is 9.47 Å². The highest BCUT2D eigenvalue weighted by molar-refractivity contribution is 7.99. The normalized spacial score (nSPS) is 15.8. The molecule has 1 aliphatic rings. The molecule has 6 nitrogen and oxygen atoms in total. The van der Waals surface area contributed by atoms with Crippen molar-refractivity contribution in [2.45, 2.75) is 18.1 Å². The Labute approximate surface area is 139 Å². The van der Waals surface area contributed by atoms with Gasteiger partial charge in [0.15, 0.2) is 5.16 Å². The van der Waals surface area contributed by atoms with E-state index in [0.717, 1.165) is 50.2 Å². The number of thioether (sulfide) groups is 1. The first-order valence-corrected chi connectivity index (χ1v) is 8.93. The molecule has 1 aliphatic heterocycles. The molecule has 124 valence electrons. The number of aromatic amines is 1. The monoisotopic (exact) mass is 334 g/mol. The van der Waals surface area contributed by atoms with Crippen LogP contribution in [0.2, 0.25) is 0 Å². The number of benzene rings is 1. The summed E-state index contributed by atoms with van der Waals surface area (Å²) in [4.78, 5) is 14.3. The third kappa shape index (κ3) is 4.70. The highest BCUT2D eigenvalue weighted by Crippen LogP contribution is 2.14. The number of rotatable bonds is 7. The fraction of sp³-hybridized carbons (Fsp3) is 0.500. The molecule has 1 aromatic carbocycles. The number of nitrogens with zero attached hydrogens (tertiary/aromatic N) is 3. The van der Waals surface area contributed by atoms with Crippen molar-refractivity contribution in [3.8, 4) is 0 Å². The van der Waals surface area contributed by atoms with E-state index in [0.29, 0.717) is 6.54 Å². The second kappa shape index (κ2) is 8.33. The number of hydrogen-bond donors (Lipinski definition) is 1. The van der Waals surface area contributed by atoms with E-state index in [1.54, 1.807) is 16.3 Å². The summed E-state index contributed by atoms with van der Waals surface area (Å²) >= 11 is 1.63. The third-order valence-corrected chi connectivity index (χ3v) is 4.89. The lowest BCUT2D eigenvalue weighted by Crippen LogP contribution is -2.37. The summed E-state index contributed by atoms with van der Waals surface area (Å²) in [6.45, 7) is 5.25. The zero-order valence-corrected chi connectivity index (χ0v) is 13.9. The summed E-state index contributed by atoms with van der Waals surface area (Å²) in [5.41, 5.74) is 1.10. The van der Waals surface area contributed by atoms with Gasteiger partial charge in [0.25, 0.3) is 0 Å². The smallest absolute Gasteiger partial charge is 0.343 e. The van der Waals surface area contributed by atoms with E-state index in [1.807, 2.05) is 18.2 Å². The molecular weight excluding hydrogens is 312 g/mol. The molecule has 1 aromatic heterocycles. The summed E-state index contributed by atoms with van der Waals surface area (Å²) in [6, 6.07) is 10.2. The SMILES string of the molecule is O=c1[nH]nc(SCCN2CCOCC2)n1CCc1ccccc1. The van der Waals surface area contributed by atoms with E-state index in [1.165, 1.54) is 5.56 Å². The standard InChI is InChI=1S/C16H22N4O2S/c21-15-17-18-16(23-13-10-19-8-11-22-12-9-19)20(15)7-6-14-4-2-1-3-5-14/h1-5H,6-13H2,(H,17,21). The molecule has 0 amide bonds. The lowest BCUT2D eigenvalue weighted by molar-refractivity contribution is 0.0410. The molecule has 1 N–H and O–H groups in total. The Kier molecular flexibility index (Phi) is 5.90. The van der Waals surface area contributed by atoms with Crippen LogP contribution in [0.25, 0.3) is 0 Å². The molecule has 3 rings (SSSR count). The van der Waals surface area contributed by atoms with Gasteiger partial charge in [-0.1, -0.05) is 42.1 Å². The van der Waals surface area contributed by atoms with Gasteiger partial charge in [-0.15, -0.1) is 5.10 Å². The number of aryl methyl sites for hydroxylation is 1. The van der Waals surface area contributed by atoms with Crippen LogP contribution >= 0.6 is 11.8 Å². The Bertz CT molecular complexity index is 650. The van der Waals surface area contributed by atoms with Crippen LogP contribution in [0.5, 0.6) is 0 Å². The minimum absolute atomic E-state index is 0.130. The molecular formula is C16H22N4O2S. The molecule has 0 spiro atoms. The van der Waals surface area contributed by atoms with Gasteiger partial charge in [0.05, 0.1) is 13.2 Å². The molecule has 7 heteroatoms. The number of hydrogen-bond acceptors (Lipinski definition) is 5. The summed E-state index contributed by atoms with van der Waals surface area (Å²) in [6.07, 6.45) is 0.831. The zero-order valence-electron chi connectivity index (χ0n) is 13.1. The molecule has 0 radical (unpaired) electrons. The number of ether oxygens (including phenoxy) is 1. The second-order valence-corrected chi connectivity index (χ2v) is 6.56. The topological polar surface area (TPSA) is 63.1 Å². The van der Waals surface area contributed by atoms with Crippen LogP contribution in [0.4, 0.5) is 0 Å². The van der Waals surface area contributed by atoms with Gasteiger partial charge >= 0.3 is 5.69 Å². The lowest BCUT2D eigenvalue weighted by Gasteiger charge is -2.26. The van der Waals surface area contributed by atoms with E-state index in [9.17, 15) is 4.79 Å². The highest BCUT2D eigenvalue weighted by Gasteiger charge is 2.12. The summed E-state index contributed by atoms with van der Waals surface area (Å²) in [5.74, 6) is 0.926. The molecule has 0 bridgehead atoms. The molecule has 2 heterocycles. The molecule has 2 aromatic rings. The Hall–Kier alpha value is -1.57. The van der Waals surface area contributed by atoms with Crippen molar-refractivity contribution in [2.24, 2.45) is 0 Å². The first-order valence-electron chi connectivity index (χ1n) is 7.95. The second-order valence-electron chi connectivity index (χ2n) is 5.50. The molecule has 0 unspecified atom stereocenters. The third-order valence-electron chi connectivity index (χ3n) is 3.93. The maximum absolute atomic E-state index is 11.9. The molecule has 1 saturated heterocycles. The van der Waals surface area contributed by atoms with E-state index in [-0.39, 0.29) is 5.69 Å². The summed E-state index contributed by atoms with van der Waals surface area (Å²) < 4.78 is 7.08. The van der Waals surface area contributed by atoms with E-state index in [2.05, 4.69) is 27.2 Å². The molecule has 1 fully saturated rings. The van der Waals surface area contributed by atoms with Crippen molar-refractivity contribution >= 4 is 11.8 Å². The van der Waals surface area contributed by atoms with Gasteiger partial charge in [-0.25, -0.2) is 9.89 Å². The Morgan fingerprint density at radius 3 is 2.74 bits per heavy atom. The average molecular weight is 334 g/mol. The van der Waals surface area contributed by atoms with Crippen molar-refractivity contribution in [2.75, 3.05) is 38.6 Å². The van der Waals surface area contributed by atoms with Gasteiger partial charge in [0, 0.05) is 31.9 Å². The zero-order chi connectivity index (χ0) is 15.9. The van der Waals surface area contributed by atoms with Crippen LogP contribution in [-0.2, 0) is 17.7 Å². The fourth-order valence-corrected chi connectivity index (χ4v) is 3.56. The largest absolute Gasteiger partial charge is 0.379 e. The van der Waals surface area contributed by atoms with E-state index < -0.39 is 0 Å². The van der Waals surface area contributed by atoms with Gasteiger partial charge in [0.2, 0.25) is 0 Å². The summed E-state index contributed by atoms with van der Waals surface area (Å²) in [5, 5.41) is 7.50. The van der Waals surface area contributed by atoms with Crippen LogP contribution in [0.15, 0.2) is 40.3 Å². The van der Waals surface area contributed by atoms with Gasteiger partial charge in [-0.2, -0.15) is 0 Å². The molecule has 23 heavy (non-hydrogen) atoms. The number of nitrogens with one attached hydrogen (secondary N) is 1. The number of H-pyrrole nitrogens is 1. The average Bonchev–Trinajstić information content (AvgIpc) is 2.95. The van der Waals surface area contributed by atoms with Gasteiger partial charge in [-0.05, 0) is 12.0 Å². The first-order chi connectivity index (χ1) is 11.3. The van der Waals surface area contributed by atoms with Gasteiger partial charge in [0.1, 0.15) is 0 Å². The van der Waals surface area contributed by atoms with Crippen molar-refractivity contribution in [3.05, 3.63) is 46.4 Å². The van der Waals surface area contributed by atoms with E-state index >= 15 is 0 Å². The minimum atomic E-state index is -0.130. The molecule has 0 atom stereocenters.